The largest absolute Gasteiger partial charge is 0.443 e. The Bertz CT molecular complexity index is 690. The second-order valence-corrected chi connectivity index (χ2v) is 5.87. The molecule has 2 N–H and O–H groups in total. The van der Waals surface area contributed by atoms with Crippen LogP contribution in [-0.4, -0.2) is 49.8 Å². The lowest BCUT2D eigenvalue weighted by Crippen LogP contribution is -2.50. The van der Waals surface area contributed by atoms with Gasteiger partial charge >= 0.3 is 12.3 Å². The molecule has 26 heavy (non-hydrogen) atoms. The fourth-order valence-corrected chi connectivity index (χ4v) is 2.39. The Labute approximate surface area is 145 Å². The molecule has 0 saturated carbocycles. The maximum Gasteiger partial charge on any atom is 0.414 e. The highest BCUT2D eigenvalue weighted by molar-refractivity contribution is 6.05. The van der Waals surface area contributed by atoms with E-state index in [2.05, 4.69) is 4.74 Å². The number of fused-ring (bicyclic) bond motifs is 1. The van der Waals surface area contributed by atoms with E-state index in [1.807, 2.05) is 0 Å². The van der Waals surface area contributed by atoms with Gasteiger partial charge in [0.05, 0.1) is 17.9 Å². The first-order valence-electron chi connectivity index (χ1n) is 7.44. The summed E-state index contributed by atoms with van der Waals surface area (Å²) >= 11 is 0. The van der Waals surface area contributed by atoms with Crippen molar-refractivity contribution in [2.75, 3.05) is 29.5 Å². The molecular formula is C15H16F5N3O3. The summed E-state index contributed by atoms with van der Waals surface area (Å²) in [4.78, 5) is 25.6. The lowest BCUT2D eigenvalue weighted by Gasteiger charge is -2.26. The van der Waals surface area contributed by atoms with Gasteiger partial charge in [0.25, 0.3) is 5.92 Å². The minimum atomic E-state index is -4.71. The van der Waals surface area contributed by atoms with Gasteiger partial charge in [0.2, 0.25) is 5.91 Å². The van der Waals surface area contributed by atoms with Crippen molar-refractivity contribution in [3.8, 4) is 0 Å². The average Bonchev–Trinajstić information content (AvgIpc) is 2.62. The molecule has 1 atom stereocenters. The topological polar surface area (TPSA) is 75.9 Å². The standard InChI is InChI=1S/C15H16F5N3O3/c1-14(16,17)8-26-13(25)22-6-9(21)12(24)23(7-15(18,19)20)11-5-3-2-4-10(11)22/h2-5,9H,6-8,21H2,1H3/t9-/m0/s1. The maximum absolute atomic E-state index is 12.9. The van der Waals surface area contributed by atoms with Crippen molar-refractivity contribution in [1.82, 2.24) is 0 Å². The number of para-hydroxylation sites is 2. The van der Waals surface area contributed by atoms with Gasteiger partial charge in [-0.3, -0.25) is 14.6 Å². The Morgan fingerprint density at radius 1 is 1.23 bits per heavy atom. The van der Waals surface area contributed by atoms with Crippen LogP contribution in [0.2, 0.25) is 0 Å². The second-order valence-electron chi connectivity index (χ2n) is 5.87. The molecule has 0 aliphatic carbocycles. The number of carbonyl (C=O) groups excluding carboxylic acids is 2. The van der Waals surface area contributed by atoms with Gasteiger partial charge in [0.1, 0.15) is 12.6 Å². The molecular weight excluding hydrogens is 365 g/mol. The van der Waals surface area contributed by atoms with E-state index in [1.54, 1.807) is 0 Å². The normalized spacial score (nSPS) is 18.4. The van der Waals surface area contributed by atoms with Crippen LogP contribution in [-0.2, 0) is 9.53 Å². The number of hydrogen-bond donors (Lipinski definition) is 1. The monoisotopic (exact) mass is 381 g/mol. The number of carbonyl (C=O) groups is 2. The third kappa shape index (κ3) is 4.81. The summed E-state index contributed by atoms with van der Waals surface area (Å²) in [5, 5.41) is 0. The van der Waals surface area contributed by atoms with Crippen LogP contribution in [0.5, 0.6) is 0 Å². The van der Waals surface area contributed by atoms with E-state index in [-0.39, 0.29) is 11.4 Å². The molecule has 0 bridgehead atoms. The fourth-order valence-electron chi connectivity index (χ4n) is 2.39. The Kier molecular flexibility index (Phi) is 5.40. The lowest BCUT2D eigenvalue weighted by atomic mass is 10.2. The third-order valence-electron chi connectivity index (χ3n) is 3.43. The number of halogens is 5. The van der Waals surface area contributed by atoms with Gasteiger partial charge in [-0.15, -0.1) is 0 Å². The van der Waals surface area contributed by atoms with Gasteiger partial charge in [-0.2, -0.15) is 13.2 Å². The van der Waals surface area contributed by atoms with Crippen molar-refractivity contribution in [3.63, 3.8) is 0 Å². The summed E-state index contributed by atoms with van der Waals surface area (Å²) in [6.45, 7) is -2.80. The molecule has 0 spiro atoms. The first-order chi connectivity index (χ1) is 11.9. The summed E-state index contributed by atoms with van der Waals surface area (Å²) in [5.74, 6) is -4.34. The third-order valence-corrected chi connectivity index (χ3v) is 3.43. The summed E-state index contributed by atoms with van der Waals surface area (Å²) < 4.78 is 68.9. The zero-order valence-electron chi connectivity index (χ0n) is 13.6. The van der Waals surface area contributed by atoms with E-state index in [4.69, 9.17) is 5.73 Å². The number of nitrogens with zero attached hydrogens (tertiary/aromatic N) is 2. The number of rotatable bonds is 3. The molecule has 0 fully saturated rings. The molecule has 11 heteroatoms. The highest BCUT2D eigenvalue weighted by Crippen LogP contribution is 2.35. The Morgan fingerprint density at radius 3 is 2.35 bits per heavy atom. The maximum atomic E-state index is 12.9. The molecule has 144 valence electrons. The predicted octanol–water partition coefficient (Wildman–Crippen LogP) is 2.52. The van der Waals surface area contributed by atoms with Crippen molar-refractivity contribution in [2.45, 2.75) is 25.1 Å². The van der Waals surface area contributed by atoms with Gasteiger partial charge in [-0.1, -0.05) is 12.1 Å². The molecule has 1 aliphatic rings. The van der Waals surface area contributed by atoms with Crippen LogP contribution in [0.1, 0.15) is 6.92 Å². The van der Waals surface area contributed by atoms with E-state index in [0.717, 1.165) is 4.90 Å². The number of alkyl halides is 5. The molecule has 2 rings (SSSR count). The van der Waals surface area contributed by atoms with Crippen LogP contribution in [0.15, 0.2) is 24.3 Å². The van der Waals surface area contributed by atoms with Crippen LogP contribution >= 0.6 is 0 Å². The molecule has 0 radical (unpaired) electrons. The van der Waals surface area contributed by atoms with Crippen LogP contribution in [0, 0.1) is 0 Å². The van der Waals surface area contributed by atoms with Crippen molar-refractivity contribution < 1.29 is 36.3 Å². The summed E-state index contributed by atoms with van der Waals surface area (Å²) in [6.07, 6.45) is -5.95. The van der Waals surface area contributed by atoms with Gasteiger partial charge in [0.15, 0.2) is 6.61 Å². The Balaban J connectivity index is 2.40. The van der Waals surface area contributed by atoms with Crippen LogP contribution < -0.4 is 15.5 Å². The van der Waals surface area contributed by atoms with Crippen molar-refractivity contribution >= 4 is 23.4 Å². The minimum Gasteiger partial charge on any atom is -0.443 e. The number of amides is 2. The minimum absolute atomic E-state index is 0.0949. The predicted molar refractivity (Wildman–Crippen MR) is 82.1 cm³/mol. The highest BCUT2D eigenvalue weighted by atomic mass is 19.4. The van der Waals surface area contributed by atoms with Crippen molar-refractivity contribution in [2.24, 2.45) is 5.73 Å². The smallest absolute Gasteiger partial charge is 0.414 e. The van der Waals surface area contributed by atoms with Crippen molar-refractivity contribution in [1.29, 1.82) is 0 Å². The van der Waals surface area contributed by atoms with Crippen molar-refractivity contribution in [3.05, 3.63) is 24.3 Å². The first kappa shape index (κ1) is 19.9. The summed E-state index contributed by atoms with van der Waals surface area (Å²) in [5.41, 5.74) is 5.31. The summed E-state index contributed by atoms with van der Waals surface area (Å²) in [7, 11) is 0. The van der Waals surface area contributed by atoms with Crippen LogP contribution in [0.3, 0.4) is 0 Å². The number of benzene rings is 1. The van der Waals surface area contributed by atoms with E-state index in [1.165, 1.54) is 24.3 Å². The quantitative estimate of drug-likeness (QED) is 0.817. The second kappa shape index (κ2) is 7.06. The lowest BCUT2D eigenvalue weighted by molar-refractivity contribution is -0.132. The first-order valence-corrected chi connectivity index (χ1v) is 7.44. The number of ether oxygens (including phenoxy) is 1. The van der Waals surface area contributed by atoms with Crippen LogP contribution in [0.4, 0.5) is 38.1 Å². The number of anilines is 2. The Morgan fingerprint density at radius 2 is 1.81 bits per heavy atom. The van der Waals surface area contributed by atoms with Gasteiger partial charge in [-0.05, 0) is 12.1 Å². The molecule has 1 heterocycles. The Hall–Kier alpha value is -2.43. The fraction of sp³-hybridized carbons (Fsp3) is 0.467. The molecule has 0 unspecified atom stereocenters. The number of hydrogen-bond acceptors (Lipinski definition) is 4. The molecule has 0 saturated heterocycles. The zero-order valence-corrected chi connectivity index (χ0v) is 13.6. The SMILES string of the molecule is CC(F)(F)COC(=O)N1C[C@H](N)C(=O)N(CC(F)(F)F)c2ccccc21. The van der Waals surface area contributed by atoms with Gasteiger partial charge in [-0.25, -0.2) is 13.6 Å². The molecule has 2 amide bonds. The summed E-state index contributed by atoms with van der Waals surface area (Å²) in [6, 6.07) is 3.78. The number of nitrogens with two attached hydrogens (primary N) is 1. The molecule has 1 aromatic rings. The molecule has 6 nitrogen and oxygen atoms in total. The van der Waals surface area contributed by atoms with Gasteiger partial charge < -0.3 is 10.5 Å². The average molecular weight is 381 g/mol. The van der Waals surface area contributed by atoms with E-state index in [0.29, 0.717) is 11.8 Å². The van der Waals surface area contributed by atoms with E-state index in [9.17, 15) is 31.5 Å². The van der Waals surface area contributed by atoms with E-state index >= 15 is 0 Å². The van der Waals surface area contributed by atoms with Gasteiger partial charge in [0, 0.05) is 6.92 Å². The molecule has 1 aromatic carbocycles. The zero-order chi connectivity index (χ0) is 19.7. The molecule has 0 aromatic heterocycles. The molecule has 1 aliphatic heterocycles. The van der Waals surface area contributed by atoms with Crippen LogP contribution in [0.25, 0.3) is 0 Å². The van der Waals surface area contributed by atoms with E-state index < -0.39 is 49.8 Å². The highest BCUT2D eigenvalue weighted by Gasteiger charge is 2.40.